The smallest absolute Gasteiger partial charge is 0.120 e. The molecule has 0 aromatic heterocycles. The first-order valence-corrected chi connectivity index (χ1v) is 14.3. The Morgan fingerprint density at radius 3 is 2.47 bits per heavy atom. The van der Waals surface area contributed by atoms with Crippen LogP contribution in [0.5, 0.6) is 17.2 Å². The molecule has 5 rings (SSSR count). The van der Waals surface area contributed by atoms with Crippen molar-refractivity contribution in [2.24, 2.45) is 0 Å². The van der Waals surface area contributed by atoms with Crippen LogP contribution in [0.3, 0.4) is 0 Å². The van der Waals surface area contributed by atoms with Gasteiger partial charge in [0.1, 0.15) is 23.9 Å². The molecule has 3 aromatic rings. The van der Waals surface area contributed by atoms with Crippen molar-refractivity contribution in [3.63, 3.8) is 0 Å². The standard InChI is InChI=1S/C33H42N2O3/c1-3-35(24-25-7-13-30(14-8-25)38-20-19-34-17-5-4-6-18-34)33-23-31(37-2)15-16-32(33)28-10-9-27-22-29(36)12-11-26(27)21-28/h7-8,11-16,22-23,28,36H,3-6,9-10,17-21,24H2,1-2H3. The van der Waals surface area contributed by atoms with E-state index in [1.165, 1.54) is 60.3 Å². The maximum absolute atomic E-state index is 9.90. The van der Waals surface area contributed by atoms with Gasteiger partial charge in [-0.15, -0.1) is 0 Å². The summed E-state index contributed by atoms with van der Waals surface area (Å²) < 4.78 is 11.7. The third-order valence-corrected chi connectivity index (χ3v) is 8.24. The number of piperidine rings is 1. The van der Waals surface area contributed by atoms with E-state index >= 15 is 0 Å². The Labute approximate surface area is 228 Å². The van der Waals surface area contributed by atoms with Crippen LogP contribution >= 0.6 is 0 Å². The number of ether oxygens (including phenoxy) is 2. The summed E-state index contributed by atoms with van der Waals surface area (Å²) in [7, 11) is 1.74. The number of aryl methyl sites for hydroxylation is 1. The topological polar surface area (TPSA) is 45.2 Å². The molecular formula is C33H42N2O3. The zero-order chi connectivity index (χ0) is 26.3. The molecule has 0 amide bonds. The van der Waals surface area contributed by atoms with Crippen LogP contribution in [-0.2, 0) is 19.4 Å². The molecule has 1 atom stereocenters. The first kappa shape index (κ1) is 26.4. The van der Waals surface area contributed by atoms with Gasteiger partial charge in [0.25, 0.3) is 0 Å². The molecule has 38 heavy (non-hydrogen) atoms. The molecule has 202 valence electrons. The number of hydrogen-bond acceptors (Lipinski definition) is 5. The summed E-state index contributed by atoms with van der Waals surface area (Å²) in [6.07, 6.45) is 7.06. The van der Waals surface area contributed by atoms with Crippen molar-refractivity contribution in [2.45, 2.75) is 57.9 Å². The SMILES string of the molecule is CCN(Cc1ccc(OCCN2CCCCC2)cc1)c1cc(OC)ccc1C1CCc2cc(O)ccc2C1. The number of phenolic OH excluding ortho intramolecular Hbond substituents is 1. The third-order valence-electron chi connectivity index (χ3n) is 8.24. The molecule has 0 spiro atoms. The number of benzene rings is 3. The van der Waals surface area contributed by atoms with Crippen LogP contribution in [-0.4, -0.2) is 49.9 Å². The second-order valence-corrected chi connectivity index (χ2v) is 10.7. The summed E-state index contributed by atoms with van der Waals surface area (Å²) in [6.45, 7) is 8.14. The Balaban J connectivity index is 1.27. The first-order chi connectivity index (χ1) is 18.6. The molecule has 5 heteroatoms. The van der Waals surface area contributed by atoms with Gasteiger partial charge in [0, 0.05) is 31.4 Å². The summed E-state index contributed by atoms with van der Waals surface area (Å²) >= 11 is 0. The monoisotopic (exact) mass is 514 g/mol. The van der Waals surface area contributed by atoms with E-state index in [-0.39, 0.29) is 0 Å². The number of aromatic hydroxyl groups is 1. The first-order valence-electron chi connectivity index (χ1n) is 14.3. The zero-order valence-electron chi connectivity index (χ0n) is 23.0. The van der Waals surface area contributed by atoms with Gasteiger partial charge in [0.2, 0.25) is 0 Å². The summed E-state index contributed by atoms with van der Waals surface area (Å²) in [5, 5.41) is 9.90. The minimum absolute atomic E-state index is 0.364. The summed E-state index contributed by atoms with van der Waals surface area (Å²) in [5.74, 6) is 2.64. The van der Waals surface area contributed by atoms with Crippen LogP contribution in [0.15, 0.2) is 60.7 Å². The van der Waals surface area contributed by atoms with Gasteiger partial charge in [-0.2, -0.15) is 0 Å². The zero-order valence-corrected chi connectivity index (χ0v) is 23.0. The minimum atomic E-state index is 0.364. The molecule has 3 aromatic carbocycles. The van der Waals surface area contributed by atoms with E-state index in [2.05, 4.69) is 65.3 Å². The van der Waals surface area contributed by atoms with Gasteiger partial charge in [0.05, 0.1) is 7.11 Å². The van der Waals surface area contributed by atoms with Crippen LogP contribution < -0.4 is 14.4 Å². The fourth-order valence-corrected chi connectivity index (χ4v) is 6.03. The lowest BCUT2D eigenvalue weighted by Crippen LogP contribution is -2.33. The molecule has 1 unspecified atom stereocenters. The number of phenols is 1. The van der Waals surface area contributed by atoms with Gasteiger partial charge in [-0.05, 0) is 111 Å². The number of hydrogen-bond donors (Lipinski definition) is 1. The number of rotatable bonds is 10. The van der Waals surface area contributed by atoms with E-state index < -0.39 is 0 Å². The Morgan fingerprint density at radius 2 is 1.71 bits per heavy atom. The molecule has 1 aliphatic carbocycles. The maximum Gasteiger partial charge on any atom is 0.120 e. The van der Waals surface area contributed by atoms with Gasteiger partial charge < -0.3 is 19.5 Å². The molecule has 1 saturated heterocycles. The van der Waals surface area contributed by atoms with E-state index in [0.29, 0.717) is 11.7 Å². The van der Waals surface area contributed by atoms with Gasteiger partial charge in [0.15, 0.2) is 0 Å². The van der Waals surface area contributed by atoms with Crippen molar-refractivity contribution in [1.29, 1.82) is 0 Å². The number of anilines is 1. The Hall–Kier alpha value is -3.18. The quantitative estimate of drug-likeness (QED) is 0.332. The molecule has 0 bridgehead atoms. The molecule has 1 aliphatic heterocycles. The van der Waals surface area contributed by atoms with Crippen molar-refractivity contribution in [2.75, 3.05) is 44.8 Å². The Kier molecular flexibility index (Phi) is 8.75. The predicted molar refractivity (Wildman–Crippen MR) is 155 cm³/mol. The van der Waals surface area contributed by atoms with Crippen LogP contribution in [0.4, 0.5) is 5.69 Å². The van der Waals surface area contributed by atoms with E-state index in [1.807, 2.05) is 12.1 Å². The van der Waals surface area contributed by atoms with Crippen molar-refractivity contribution >= 4 is 5.69 Å². The van der Waals surface area contributed by atoms with Gasteiger partial charge in [-0.1, -0.05) is 30.7 Å². The number of methoxy groups -OCH3 is 1. The van der Waals surface area contributed by atoms with Gasteiger partial charge in [-0.25, -0.2) is 0 Å². The van der Waals surface area contributed by atoms with E-state index in [9.17, 15) is 5.11 Å². The van der Waals surface area contributed by atoms with Crippen molar-refractivity contribution in [3.05, 3.63) is 82.9 Å². The largest absolute Gasteiger partial charge is 0.508 e. The average Bonchev–Trinajstić information content (AvgIpc) is 2.96. The van der Waals surface area contributed by atoms with Crippen molar-refractivity contribution < 1.29 is 14.6 Å². The highest BCUT2D eigenvalue weighted by atomic mass is 16.5. The van der Waals surface area contributed by atoms with Crippen molar-refractivity contribution in [1.82, 2.24) is 4.90 Å². The van der Waals surface area contributed by atoms with Crippen LogP contribution in [0.2, 0.25) is 0 Å². The molecular weight excluding hydrogens is 472 g/mol. The second-order valence-electron chi connectivity index (χ2n) is 10.7. The van der Waals surface area contributed by atoms with E-state index in [4.69, 9.17) is 9.47 Å². The fourth-order valence-electron chi connectivity index (χ4n) is 6.03. The highest BCUT2D eigenvalue weighted by Crippen LogP contribution is 2.40. The highest BCUT2D eigenvalue weighted by molar-refractivity contribution is 5.60. The molecule has 1 N–H and O–H groups in total. The summed E-state index contributed by atoms with van der Waals surface area (Å²) in [4.78, 5) is 4.97. The Bertz CT molecular complexity index is 1190. The van der Waals surface area contributed by atoms with Crippen molar-refractivity contribution in [3.8, 4) is 17.2 Å². The second kappa shape index (κ2) is 12.6. The Morgan fingerprint density at radius 1 is 0.921 bits per heavy atom. The van der Waals surface area contributed by atoms with Crippen LogP contribution in [0.25, 0.3) is 0 Å². The lowest BCUT2D eigenvalue weighted by molar-refractivity contribution is 0.183. The van der Waals surface area contributed by atoms with Gasteiger partial charge in [-0.3, -0.25) is 4.90 Å². The summed E-state index contributed by atoms with van der Waals surface area (Å²) in [6, 6.07) is 21.0. The molecule has 1 fully saturated rings. The molecule has 2 aliphatic rings. The average molecular weight is 515 g/mol. The number of likely N-dealkylation sites (tertiary alicyclic amines) is 1. The number of nitrogens with zero attached hydrogens (tertiary/aromatic N) is 2. The lowest BCUT2D eigenvalue weighted by Gasteiger charge is -2.32. The van der Waals surface area contributed by atoms with E-state index in [0.717, 1.165) is 57.0 Å². The molecule has 5 nitrogen and oxygen atoms in total. The number of fused-ring (bicyclic) bond motifs is 1. The summed E-state index contributed by atoms with van der Waals surface area (Å²) in [5.41, 5.74) is 6.53. The molecule has 0 saturated carbocycles. The van der Waals surface area contributed by atoms with Gasteiger partial charge >= 0.3 is 0 Å². The normalized spacial score (nSPS) is 17.6. The molecule has 1 heterocycles. The van der Waals surface area contributed by atoms with Crippen LogP contribution in [0.1, 0.15) is 60.8 Å². The highest BCUT2D eigenvalue weighted by Gasteiger charge is 2.24. The predicted octanol–water partition coefficient (Wildman–Crippen LogP) is 6.56. The fraction of sp³-hybridized carbons (Fsp3) is 0.455. The minimum Gasteiger partial charge on any atom is -0.508 e. The lowest BCUT2D eigenvalue weighted by atomic mass is 9.79. The third kappa shape index (κ3) is 6.44. The van der Waals surface area contributed by atoms with E-state index in [1.54, 1.807) is 7.11 Å². The molecule has 0 radical (unpaired) electrons. The van der Waals surface area contributed by atoms with Crippen LogP contribution in [0, 0.1) is 0 Å². The maximum atomic E-state index is 9.90.